The van der Waals surface area contributed by atoms with Crippen LogP contribution >= 0.6 is 11.3 Å². The van der Waals surface area contributed by atoms with Gasteiger partial charge in [0, 0.05) is 17.4 Å². The molecule has 1 aliphatic rings. The summed E-state index contributed by atoms with van der Waals surface area (Å²) in [5.41, 5.74) is 11.5. The van der Waals surface area contributed by atoms with Crippen molar-refractivity contribution in [2.24, 2.45) is 0 Å². The molecule has 27 heavy (non-hydrogen) atoms. The molecule has 3 N–H and O–H groups in total. The van der Waals surface area contributed by atoms with E-state index in [-0.39, 0.29) is 17.9 Å². The number of methoxy groups -OCH3 is 1. The average Bonchev–Trinajstić information content (AvgIpc) is 3.09. The predicted molar refractivity (Wildman–Crippen MR) is 104 cm³/mol. The Morgan fingerprint density at radius 2 is 2.07 bits per heavy atom. The molecule has 3 heterocycles. The molecule has 1 aliphatic heterocycles. The van der Waals surface area contributed by atoms with Gasteiger partial charge >= 0.3 is 0 Å². The monoisotopic (exact) mass is 381 g/mol. The maximum atomic E-state index is 12.7. The zero-order chi connectivity index (χ0) is 19.1. The lowest BCUT2D eigenvalue weighted by Crippen LogP contribution is -2.37. The van der Waals surface area contributed by atoms with Crippen LogP contribution < -0.4 is 15.8 Å². The molecule has 0 saturated heterocycles. The van der Waals surface area contributed by atoms with Crippen molar-refractivity contribution in [2.75, 3.05) is 12.8 Å². The summed E-state index contributed by atoms with van der Waals surface area (Å²) in [6, 6.07) is 5.92. The second kappa shape index (κ2) is 6.62. The standard InChI is InChI=1S/C19H19N5O2S/c1-9-4-5-11(12(6-9)15-8-27-19(24-15)26-3)13-7-14-16(17(25)22-13)10(2)21-18(20)23-14/h4-6,8,13H,7H2,1-3H3,(H,22,25)(H2,20,21,23). The van der Waals surface area contributed by atoms with Crippen LogP contribution in [0.25, 0.3) is 11.3 Å². The Balaban J connectivity index is 1.79. The van der Waals surface area contributed by atoms with Gasteiger partial charge in [0.15, 0.2) is 0 Å². The molecule has 138 valence electrons. The molecule has 0 spiro atoms. The molecule has 2 aromatic heterocycles. The Morgan fingerprint density at radius 1 is 1.26 bits per heavy atom. The largest absolute Gasteiger partial charge is 0.473 e. The van der Waals surface area contributed by atoms with Gasteiger partial charge in [-0.2, -0.15) is 0 Å². The SMILES string of the molecule is COc1nc(-c2cc(C)ccc2C2Cc3nc(N)nc(C)c3C(=O)N2)cs1. The Hall–Kier alpha value is -3.00. The second-order valence-corrected chi connectivity index (χ2v) is 7.33. The highest BCUT2D eigenvalue weighted by Crippen LogP contribution is 2.35. The van der Waals surface area contributed by atoms with Crippen LogP contribution in [0.2, 0.25) is 0 Å². The lowest BCUT2D eigenvalue weighted by molar-refractivity contribution is 0.0922. The number of anilines is 1. The number of aromatic nitrogens is 3. The van der Waals surface area contributed by atoms with Gasteiger partial charge in [0.05, 0.1) is 35.8 Å². The van der Waals surface area contributed by atoms with Crippen molar-refractivity contribution in [3.8, 4) is 16.5 Å². The Morgan fingerprint density at radius 3 is 2.81 bits per heavy atom. The van der Waals surface area contributed by atoms with E-state index >= 15 is 0 Å². The van der Waals surface area contributed by atoms with Crippen LogP contribution in [0.4, 0.5) is 5.95 Å². The van der Waals surface area contributed by atoms with Crippen LogP contribution in [0.3, 0.4) is 0 Å². The van der Waals surface area contributed by atoms with E-state index in [1.165, 1.54) is 11.3 Å². The molecule has 1 amide bonds. The number of fused-ring (bicyclic) bond motifs is 1. The van der Waals surface area contributed by atoms with E-state index in [0.717, 1.165) is 22.4 Å². The molecule has 3 aromatic rings. The topological polar surface area (TPSA) is 103 Å². The fourth-order valence-electron chi connectivity index (χ4n) is 3.43. The summed E-state index contributed by atoms with van der Waals surface area (Å²) in [5, 5.41) is 5.65. The van der Waals surface area contributed by atoms with Crippen molar-refractivity contribution < 1.29 is 9.53 Å². The number of ether oxygens (including phenoxy) is 1. The molecule has 1 aromatic carbocycles. The fraction of sp³-hybridized carbons (Fsp3) is 0.263. The Kier molecular flexibility index (Phi) is 4.27. The van der Waals surface area contributed by atoms with E-state index < -0.39 is 0 Å². The number of carbonyl (C=O) groups excluding carboxylic acids is 1. The fourth-order valence-corrected chi connectivity index (χ4v) is 4.07. The van der Waals surface area contributed by atoms with E-state index in [2.05, 4.69) is 26.3 Å². The first-order chi connectivity index (χ1) is 13.0. The van der Waals surface area contributed by atoms with Gasteiger partial charge in [-0.25, -0.2) is 15.0 Å². The van der Waals surface area contributed by atoms with Gasteiger partial charge in [0.25, 0.3) is 11.1 Å². The first-order valence-corrected chi connectivity index (χ1v) is 9.38. The number of nitrogens with two attached hydrogens (primary N) is 1. The van der Waals surface area contributed by atoms with Crippen molar-refractivity contribution in [3.63, 3.8) is 0 Å². The number of nitrogens with zero attached hydrogens (tertiary/aromatic N) is 3. The quantitative estimate of drug-likeness (QED) is 0.723. The highest BCUT2D eigenvalue weighted by molar-refractivity contribution is 7.11. The van der Waals surface area contributed by atoms with Crippen molar-refractivity contribution in [1.29, 1.82) is 0 Å². The lowest BCUT2D eigenvalue weighted by atomic mass is 9.90. The molecule has 8 heteroatoms. The summed E-state index contributed by atoms with van der Waals surface area (Å²) in [7, 11) is 1.60. The summed E-state index contributed by atoms with van der Waals surface area (Å²) in [6.07, 6.45) is 0.548. The normalized spacial score (nSPS) is 16.0. The molecule has 1 atom stereocenters. The van der Waals surface area contributed by atoms with E-state index in [1.54, 1.807) is 14.0 Å². The van der Waals surface area contributed by atoms with E-state index in [0.29, 0.717) is 28.6 Å². The highest BCUT2D eigenvalue weighted by atomic mass is 32.1. The van der Waals surface area contributed by atoms with Gasteiger partial charge < -0.3 is 15.8 Å². The molecule has 7 nitrogen and oxygen atoms in total. The highest BCUT2D eigenvalue weighted by Gasteiger charge is 2.30. The summed E-state index contributed by atoms with van der Waals surface area (Å²) < 4.78 is 5.23. The van der Waals surface area contributed by atoms with Crippen LogP contribution in [0, 0.1) is 13.8 Å². The molecule has 0 aliphatic carbocycles. The van der Waals surface area contributed by atoms with Crippen molar-refractivity contribution >= 4 is 23.2 Å². The first kappa shape index (κ1) is 17.4. The van der Waals surface area contributed by atoms with Crippen LogP contribution in [-0.4, -0.2) is 28.0 Å². The first-order valence-electron chi connectivity index (χ1n) is 8.50. The minimum absolute atomic E-state index is 0.180. The molecule has 4 rings (SSSR count). The zero-order valence-corrected chi connectivity index (χ0v) is 16.1. The molecule has 0 fully saturated rings. The second-order valence-electron chi connectivity index (χ2n) is 6.51. The summed E-state index contributed by atoms with van der Waals surface area (Å²) in [6.45, 7) is 3.80. The number of aryl methyl sites for hydroxylation is 2. The van der Waals surface area contributed by atoms with Gasteiger partial charge in [-0.15, -0.1) is 0 Å². The van der Waals surface area contributed by atoms with Gasteiger partial charge in [-0.05, 0) is 25.5 Å². The number of hydrogen-bond donors (Lipinski definition) is 2. The summed E-state index contributed by atoms with van der Waals surface area (Å²) in [5.74, 6) is 0.00852. The summed E-state index contributed by atoms with van der Waals surface area (Å²) >= 11 is 1.44. The van der Waals surface area contributed by atoms with Crippen molar-refractivity contribution in [1.82, 2.24) is 20.3 Å². The number of thiazole rings is 1. The number of carbonyl (C=O) groups is 1. The molecule has 0 bridgehead atoms. The van der Waals surface area contributed by atoms with Crippen LogP contribution in [0.15, 0.2) is 23.6 Å². The van der Waals surface area contributed by atoms with Gasteiger partial charge in [0.2, 0.25) is 5.95 Å². The number of nitrogen functional groups attached to an aromatic ring is 1. The lowest BCUT2D eigenvalue weighted by Gasteiger charge is -2.27. The van der Waals surface area contributed by atoms with Gasteiger partial charge in [-0.1, -0.05) is 29.0 Å². The number of benzene rings is 1. The van der Waals surface area contributed by atoms with Crippen molar-refractivity contribution in [2.45, 2.75) is 26.3 Å². The Labute approximate surface area is 160 Å². The third-order valence-corrected chi connectivity index (χ3v) is 5.43. The minimum Gasteiger partial charge on any atom is -0.473 e. The van der Waals surface area contributed by atoms with E-state index in [4.69, 9.17) is 10.5 Å². The molecule has 1 unspecified atom stereocenters. The van der Waals surface area contributed by atoms with E-state index in [9.17, 15) is 4.79 Å². The maximum absolute atomic E-state index is 12.7. The summed E-state index contributed by atoms with van der Waals surface area (Å²) in [4.78, 5) is 25.6. The van der Waals surface area contributed by atoms with Crippen LogP contribution in [0.1, 0.15) is 38.9 Å². The molecule has 0 saturated carbocycles. The van der Waals surface area contributed by atoms with Gasteiger partial charge in [-0.3, -0.25) is 4.79 Å². The third-order valence-electron chi connectivity index (χ3n) is 4.63. The molecular formula is C19H19N5O2S. The van der Waals surface area contributed by atoms with Crippen molar-refractivity contribution in [3.05, 3.63) is 51.7 Å². The number of amides is 1. The van der Waals surface area contributed by atoms with Gasteiger partial charge in [0.1, 0.15) is 0 Å². The van der Waals surface area contributed by atoms with E-state index in [1.807, 2.05) is 24.4 Å². The number of rotatable bonds is 3. The molecular weight excluding hydrogens is 362 g/mol. The smallest absolute Gasteiger partial charge is 0.273 e. The van der Waals surface area contributed by atoms with Crippen LogP contribution in [0.5, 0.6) is 5.19 Å². The minimum atomic E-state index is -0.220. The Bertz CT molecular complexity index is 1050. The number of nitrogens with one attached hydrogen (secondary N) is 1. The average molecular weight is 381 g/mol. The third kappa shape index (κ3) is 3.12. The number of hydrogen-bond acceptors (Lipinski definition) is 7. The van der Waals surface area contributed by atoms with Crippen LogP contribution in [-0.2, 0) is 6.42 Å². The molecule has 0 radical (unpaired) electrons. The maximum Gasteiger partial charge on any atom is 0.273 e. The predicted octanol–water partition coefficient (Wildman–Crippen LogP) is 2.83. The zero-order valence-electron chi connectivity index (χ0n) is 15.2.